The lowest BCUT2D eigenvalue weighted by molar-refractivity contribution is -0.153. The van der Waals surface area contributed by atoms with Gasteiger partial charge in [-0.2, -0.15) is 0 Å². The van der Waals surface area contributed by atoms with Gasteiger partial charge < -0.3 is 14.6 Å². The molecule has 1 atom stereocenters. The van der Waals surface area contributed by atoms with Gasteiger partial charge in [-0.15, -0.1) is 12.4 Å². The molecule has 1 aliphatic rings. The maximum absolute atomic E-state index is 11.0. The third-order valence-electron chi connectivity index (χ3n) is 1.88. The number of rotatable bonds is 2. The van der Waals surface area contributed by atoms with Gasteiger partial charge in [0.05, 0.1) is 0 Å². The maximum atomic E-state index is 11.0. The summed E-state index contributed by atoms with van der Waals surface area (Å²) in [7, 11) is 0. The van der Waals surface area contributed by atoms with Crippen LogP contribution in [0.1, 0.15) is 0 Å². The monoisotopic (exact) mass is 296 g/mol. The second-order valence-corrected chi connectivity index (χ2v) is 3.81. The number of benzene rings is 1. The second-order valence-electron chi connectivity index (χ2n) is 2.99. The third kappa shape index (κ3) is 3.04. The van der Waals surface area contributed by atoms with E-state index in [2.05, 4.69) is 4.74 Å². The molecule has 92 valence electrons. The fraction of sp³-hybridized carbons (Fsp3) is 0.100. The Bertz CT molecular complexity index is 455. The van der Waals surface area contributed by atoms with Crippen LogP contribution in [0.2, 0.25) is 5.02 Å². The number of carbonyl (C=O) groups excluding carboxylic acids is 1. The van der Waals surface area contributed by atoms with E-state index in [1.54, 1.807) is 24.3 Å². The zero-order valence-electron chi connectivity index (χ0n) is 8.22. The predicted octanol–water partition coefficient (Wildman–Crippen LogP) is 2.47. The molecule has 1 unspecified atom stereocenters. The maximum Gasteiger partial charge on any atom is 0.356 e. The molecule has 0 saturated carbocycles. The van der Waals surface area contributed by atoms with Gasteiger partial charge in [0.15, 0.2) is 10.8 Å². The Morgan fingerprint density at radius 3 is 2.29 bits per heavy atom. The van der Waals surface area contributed by atoms with Crippen molar-refractivity contribution in [2.75, 3.05) is 0 Å². The first-order valence-electron chi connectivity index (χ1n) is 4.30. The molecule has 1 aliphatic heterocycles. The molecule has 0 radical (unpaired) electrons. The first-order chi connectivity index (χ1) is 7.58. The Hall–Kier alpha value is -0.940. The van der Waals surface area contributed by atoms with Gasteiger partial charge in [-0.25, -0.2) is 4.79 Å². The summed E-state index contributed by atoms with van der Waals surface area (Å²) in [6.45, 7) is 0. The molecule has 4 nitrogen and oxygen atoms in total. The van der Waals surface area contributed by atoms with Crippen LogP contribution in [0, 0.1) is 0 Å². The van der Waals surface area contributed by atoms with Gasteiger partial charge in [0.25, 0.3) is 6.29 Å². The molecular formula is C10H7Cl3O4. The fourth-order valence-corrected chi connectivity index (χ4v) is 1.44. The minimum absolute atomic E-state index is 0. The van der Waals surface area contributed by atoms with E-state index in [0.29, 0.717) is 10.8 Å². The standard InChI is InChI=1S/C10H6Cl2O4.ClH/c11-5-1-3-6(4-2-5)15-8-7(12)9(13)16-10(8)14;/h1-4,10,14H;1H. The summed E-state index contributed by atoms with van der Waals surface area (Å²) in [5, 5.41) is 9.60. The van der Waals surface area contributed by atoms with Gasteiger partial charge in [0.2, 0.25) is 0 Å². The minimum atomic E-state index is -1.46. The number of hydrogen-bond acceptors (Lipinski definition) is 4. The molecule has 1 N–H and O–H groups in total. The van der Waals surface area contributed by atoms with E-state index in [9.17, 15) is 9.90 Å². The van der Waals surface area contributed by atoms with Crippen LogP contribution in [0.25, 0.3) is 0 Å². The molecular weight excluding hydrogens is 290 g/mol. The van der Waals surface area contributed by atoms with Crippen LogP contribution < -0.4 is 4.74 Å². The Kier molecular flexibility index (Phi) is 4.65. The number of halogens is 3. The SMILES string of the molecule is Cl.O=C1OC(O)C(Oc2ccc(Cl)cc2)=C1Cl. The third-order valence-corrected chi connectivity index (χ3v) is 2.47. The molecule has 1 aromatic carbocycles. The number of carbonyl (C=O) groups is 1. The van der Waals surface area contributed by atoms with Crippen molar-refractivity contribution in [3.8, 4) is 5.75 Å². The molecule has 0 aliphatic carbocycles. The lowest BCUT2D eigenvalue weighted by Gasteiger charge is -2.09. The molecule has 0 fully saturated rings. The molecule has 0 bridgehead atoms. The van der Waals surface area contributed by atoms with E-state index >= 15 is 0 Å². The van der Waals surface area contributed by atoms with Crippen LogP contribution in [0.5, 0.6) is 5.75 Å². The van der Waals surface area contributed by atoms with Crippen molar-refractivity contribution in [1.82, 2.24) is 0 Å². The van der Waals surface area contributed by atoms with Crippen molar-refractivity contribution in [2.24, 2.45) is 0 Å². The van der Waals surface area contributed by atoms with E-state index < -0.39 is 12.3 Å². The Morgan fingerprint density at radius 1 is 1.24 bits per heavy atom. The van der Waals surface area contributed by atoms with Crippen molar-refractivity contribution in [2.45, 2.75) is 6.29 Å². The number of ether oxygens (including phenoxy) is 2. The first-order valence-corrected chi connectivity index (χ1v) is 5.05. The lowest BCUT2D eigenvalue weighted by Crippen LogP contribution is -2.13. The largest absolute Gasteiger partial charge is 0.453 e. The van der Waals surface area contributed by atoms with Gasteiger partial charge in [0.1, 0.15) is 5.75 Å². The van der Waals surface area contributed by atoms with Crippen LogP contribution in [-0.4, -0.2) is 17.4 Å². The van der Waals surface area contributed by atoms with Crippen LogP contribution in [-0.2, 0) is 9.53 Å². The highest BCUT2D eigenvalue weighted by Gasteiger charge is 2.34. The van der Waals surface area contributed by atoms with E-state index in [-0.39, 0.29) is 23.2 Å². The summed E-state index contributed by atoms with van der Waals surface area (Å²) in [5.41, 5.74) is 0. The van der Waals surface area contributed by atoms with Gasteiger partial charge in [-0.1, -0.05) is 23.2 Å². The number of cyclic esters (lactones) is 1. The smallest absolute Gasteiger partial charge is 0.356 e. The molecule has 17 heavy (non-hydrogen) atoms. The highest BCUT2D eigenvalue weighted by atomic mass is 35.5. The van der Waals surface area contributed by atoms with Crippen LogP contribution >= 0.6 is 35.6 Å². The molecule has 0 saturated heterocycles. The van der Waals surface area contributed by atoms with Gasteiger partial charge in [0, 0.05) is 5.02 Å². The molecule has 7 heteroatoms. The molecule has 0 spiro atoms. The van der Waals surface area contributed by atoms with Crippen molar-refractivity contribution >= 4 is 41.6 Å². The Labute approximate surface area is 113 Å². The summed E-state index contributed by atoms with van der Waals surface area (Å²) < 4.78 is 9.66. The lowest BCUT2D eigenvalue weighted by atomic mass is 10.3. The normalized spacial score (nSPS) is 18.8. The minimum Gasteiger partial charge on any atom is -0.453 e. The first kappa shape index (κ1) is 14.1. The highest BCUT2D eigenvalue weighted by Crippen LogP contribution is 2.27. The second kappa shape index (κ2) is 5.60. The van der Waals surface area contributed by atoms with Crippen LogP contribution in [0.4, 0.5) is 0 Å². The van der Waals surface area contributed by atoms with Crippen molar-refractivity contribution < 1.29 is 19.4 Å². The van der Waals surface area contributed by atoms with Gasteiger partial charge in [-0.05, 0) is 24.3 Å². The summed E-state index contributed by atoms with van der Waals surface area (Å²) in [4.78, 5) is 11.0. The van der Waals surface area contributed by atoms with Crippen molar-refractivity contribution in [3.63, 3.8) is 0 Å². The Morgan fingerprint density at radius 2 is 1.82 bits per heavy atom. The number of esters is 1. The summed E-state index contributed by atoms with van der Waals surface area (Å²) in [6.07, 6.45) is -1.46. The zero-order valence-corrected chi connectivity index (χ0v) is 10.6. The van der Waals surface area contributed by atoms with E-state index in [0.717, 1.165) is 0 Å². The van der Waals surface area contributed by atoms with E-state index in [1.807, 2.05) is 0 Å². The van der Waals surface area contributed by atoms with Crippen LogP contribution in [0.15, 0.2) is 35.1 Å². The van der Waals surface area contributed by atoms with E-state index in [1.165, 1.54) is 0 Å². The summed E-state index contributed by atoms with van der Waals surface area (Å²) >= 11 is 11.3. The van der Waals surface area contributed by atoms with Gasteiger partial charge >= 0.3 is 5.97 Å². The van der Waals surface area contributed by atoms with E-state index in [4.69, 9.17) is 27.9 Å². The number of aliphatic hydroxyl groups excluding tert-OH is 1. The van der Waals surface area contributed by atoms with Gasteiger partial charge in [-0.3, -0.25) is 0 Å². The zero-order chi connectivity index (χ0) is 11.7. The highest BCUT2D eigenvalue weighted by molar-refractivity contribution is 6.42. The van der Waals surface area contributed by atoms with Crippen LogP contribution in [0.3, 0.4) is 0 Å². The number of hydrogen-bond donors (Lipinski definition) is 1. The molecule has 0 amide bonds. The molecule has 0 aromatic heterocycles. The predicted molar refractivity (Wildman–Crippen MR) is 64.3 cm³/mol. The molecule has 1 heterocycles. The average molecular weight is 298 g/mol. The topological polar surface area (TPSA) is 55.8 Å². The summed E-state index contributed by atoms with van der Waals surface area (Å²) in [6, 6.07) is 6.37. The summed E-state index contributed by atoms with van der Waals surface area (Å²) in [5.74, 6) is -0.526. The van der Waals surface area contributed by atoms with Crippen molar-refractivity contribution in [1.29, 1.82) is 0 Å². The van der Waals surface area contributed by atoms with Crippen molar-refractivity contribution in [3.05, 3.63) is 40.1 Å². The average Bonchev–Trinajstić information content (AvgIpc) is 2.48. The quantitative estimate of drug-likeness (QED) is 0.852. The molecule has 2 rings (SSSR count). The number of aliphatic hydroxyl groups is 1. The molecule has 1 aromatic rings. The Balaban J connectivity index is 0.00000144. The fourth-order valence-electron chi connectivity index (χ4n) is 1.14.